The summed E-state index contributed by atoms with van der Waals surface area (Å²) in [6.45, 7) is 2.95. The largest absolute Gasteiger partial charge is 0.508 e. The summed E-state index contributed by atoms with van der Waals surface area (Å²) in [6.07, 6.45) is 4.22. The number of aromatic hydroxyl groups is 1. The smallest absolute Gasteiger partial charge is 0.233 e. The molecule has 0 radical (unpaired) electrons. The second-order valence-corrected chi connectivity index (χ2v) is 10.0. The van der Waals surface area contributed by atoms with E-state index in [1.54, 1.807) is 23.5 Å². The summed E-state index contributed by atoms with van der Waals surface area (Å²) < 4.78 is 0. The molecule has 0 bridgehead atoms. The third-order valence-corrected chi connectivity index (χ3v) is 7.52. The Labute approximate surface area is 184 Å². The summed E-state index contributed by atoms with van der Waals surface area (Å²) in [7, 11) is 0. The Morgan fingerprint density at radius 2 is 2.03 bits per heavy atom. The van der Waals surface area contributed by atoms with Gasteiger partial charge in [0.2, 0.25) is 5.91 Å². The number of thiophene rings is 1. The van der Waals surface area contributed by atoms with Gasteiger partial charge in [-0.05, 0) is 61.7 Å². The summed E-state index contributed by atoms with van der Waals surface area (Å²) in [5, 5.41) is 12.5. The molecule has 1 fully saturated rings. The molecule has 0 unspecified atom stereocenters. The Balaban J connectivity index is 1.54. The van der Waals surface area contributed by atoms with Crippen molar-refractivity contribution in [1.82, 2.24) is 9.88 Å². The van der Waals surface area contributed by atoms with Crippen molar-refractivity contribution in [3.8, 4) is 5.75 Å². The normalized spacial score (nSPS) is 14.4. The van der Waals surface area contributed by atoms with Crippen molar-refractivity contribution in [2.45, 2.75) is 44.6 Å². The first-order chi connectivity index (χ1) is 14.5. The fourth-order valence-corrected chi connectivity index (χ4v) is 5.46. The van der Waals surface area contributed by atoms with Crippen LogP contribution in [0.2, 0.25) is 0 Å². The number of hydrogen-bond acceptors (Lipinski definition) is 6. The van der Waals surface area contributed by atoms with Gasteiger partial charge in [-0.1, -0.05) is 18.2 Å². The molecule has 0 saturated heterocycles. The molecule has 0 aliphatic heterocycles. The molecule has 1 amide bonds. The first-order valence-corrected chi connectivity index (χ1v) is 11.7. The van der Waals surface area contributed by atoms with Gasteiger partial charge >= 0.3 is 0 Å². The van der Waals surface area contributed by atoms with Crippen LogP contribution in [-0.2, 0) is 23.2 Å². The van der Waals surface area contributed by atoms with Crippen LogP contribution in [0, 0.1) is 6.92 Å². The highest BCUT2D eigenvalue weighted by Crippen LogP contribution is 2.50. The van der Waals surface area contributed by atoms with Crippen LogP contribution in [0.25, 0.3) is 0 Å². The number of carbonyl (C=O) groups excluding carboxylic acids is 2. The van der Waals surface area contributed by atoms with E-state index in [0.29, 0.717) is 18.8 Å². The van der Waals surface area contributed by atoms with E-state index in [-0.39, 0.29) is 11.7 Å². The molecule has 0 spiro atoms. The van der Waals surface area contributed by atoms with Gasteiger partial charge in [-0.15, -0.1) is 22.7 Å². The average Bonchev–Trinajstić information content (AvgIpc) is 3.23. The van der Waals surface area contributed by atoms with Crippen molar-refractivity contribution in [2.24, 2.45) is 0 Å². The molecule has 1 saturated carbocycles. The molecule has 2 heterocycles. The van der Waals surface area contributed by atoms with Gasteiger partial charge in [0.1, 0.15) is 16.5 Å². The highest BCUT2D eigenvalue weighted by Gasteiger charge is 2.53. The highest BCUT2D eigenvalue weighted by molar-refractivity contribution is 7.11. The zero-order valence-corrected chi connectivity index (χ0v) is 18.5. The van der Waals surface area contributed by atoms with Gasteiger partial charge < -0.3 is 10.0 Å². The van der Waals surface area contributed by atoms with E-state index in [4.69, 9.17) is 0 Å². The van der Waals surface area contributed by atoms with E-state index in [9.17, 15) is 14.7 Å². The maximum atomic E-state index is 13.6. The molecule has 0 atom stereocenters. The number of nitrogens with zero attached hydrogens (tertiary/aromatic N) is 2. The Kier molecular flexibility index (Phi) is 6.01. The lowest BCUT2D eigenvalue weighted by molar-refractivity contribution is -0.134. The van der Waals surface area contributed by atoms with Crippen molar-refractivity contribution in [1.29, 1.82) is 0 Å². The average molecular weight is 441 g/mol. The van der Waals surface area contributed by atoms with Gasteiger partial charge in [0.15, 0.2) is 6.29 Å². The first-order valence-electron chi connectivity index (χ1n) is 10.0. The number of hydrogen-bond donors (Lipinski definition) is 1. The molecular weight excluding hydrogens is 416 g/mol. The van der Waals surface area contributed by atoms with Gasteiger partial charge in [0, 0.05) is 16.3 Å². The Hall–Kier alpha value is -2.51. The molecular formula is C23H24N2O3S2. The Bertz CT molecular complexity index is 1020. The number of aldehydes is 1. The summed E-state index contributed by atoms with van der Waals surface area (Å²) in [5.74, 6) is 0.314. The van der Waals surface area contributed by atoms with Crippen LogP contribution in [-0.4, -0.2) is 33.7 Å². The predicted octanol–water partition coefficient (Wildman–Crippen LogP) is 4.72. The van der Waals surface area contributed by atoms with E-state index >= 15 is 0 Å². The van der Waals surface area contributed by atoms with Gasteiger partial charge in [-0.25, -0.2) is 4.98 Å². The summed E-state index contributed by atoms with van der Waals surface area (Å²) in [5.41, 5.74) is 0.911. The summed E-state index contributed by atoms with van der Waals surface area (Å²) in [6, 6.07) is 11.2. The molecule has 1 aromatic carbocycles. The molecule has 4 rings (SSSR count). The molecule has 5 nitrogen and oxygen atoms in total. The predicted molar refractivity (Wildman–Crippen MR) is 119 cm³/mol. The van der Waals surface area contributed by atoms with E-state index in [1.165, 1.54) is 16.2 Å². The quantitative estimate of drug-likeness (QED) is 0.489. The number of amides is 1. The zero-order chi connectivity index (χ0) is 21.1. The van der Waals surface area contributed by atoms with Gasteiger partial charge in [0.05, 0.1) is 12.0 Å². The van der Waals surface area contributed by atoms with Crippen LogP contribution in [0.3, 0.4) is 0 Å². The Morgan fingerprint density at radius 3 is 2.63 bits per heavy atom. The molecule has 1 aliphatic carbocycles. The lowest BCUT2D eigenvalue weighted by Gasteiger charge is -2.27. The molecule has 3 aromatic rings. The lowest BCUT2D eigenvalue weighted by Crippen LogP contribution is -2.39. The van der Waals surface area contributed by atoms with Gasteiger partial charge in [-0.2, -0.15) is 0 Å². The number of phenolic OH excluding ortho intramolecular Hbond substituents is 1. The van der Waals surface area contributed by atoms with E-state index < -0.39 is 5.41 Å². The zero-order valence-electron chi connectivity index (χ0n) is 16.8. The van der Waals surface area contributed by atoms with E-state index in [1.807, 2.05) is 30.0 Å². The fourth-order valence-electron chi connectivity index (χ4n) is 3.79. The van der Waals surface area contributed by atoms with Crippen LogP contribution in [0.5, 0.6) is 5.75 Å². The number of carbonyl (C=O) groups is 2. The maximum absolute atomic E-state index is 13.6. The van der Waals surface area contributed by atoms with E-state index in [0.717, 1.165) is 47.4 Å². The number of benzene rings is 1. The molecule has 1 aliphatic rings. The third kappa shape index (κ3) is 4.32. The minimum atomic E-state index is -0.504. The second-order valence-electron chi connectivity index (χ2n) is 7.71. The van der Waals surface area contributed by atoms with E-state index in [2.05, 4.69) is 16.4 Å². The molecule has 7 heteroatoms. The van der Waals surface area contributed by atoms with Crippen LogP contribution in [0.1, 0.15) is 50.1 Å². The topological polar surface area (TPSA) is 70.5 Å². The summed E-state index contributed by atoms with van der Waals surface area (Å²) >= 11 is 3.21. The fraction of sp³-hybridized carbons (Fsp3) is 0.348. The second kappa shape index (κ2) is 8.70. The molecule has 156 valence electrons. The number of phenols is 1. The highest BCUT2D eigenvalue weighted by atomic mass is 32.1. The number of aromatic nitrogens is 1. The minimum Gasteiger partial charge on any atom is -0.508 e. The molecule has 2 aromatic heterocycles. The Morgan fingerprint density at radius 1 is 1.27 bits per heavy atom. The van der Waals surface area contributed by atoms with Gasteiger partial charge in [0.25, 0.3) is 0 Å². The van der Waals surface area contributed by atoms with Gasteiger partial charge in [-0.3, -0.25) is 9.59 Å². The number of rotatable bonds is 9. The van der Waals surface area contributed by atoms with Crippen molar-refractivity contribution in [3.63, 3.8) is 0 Å². The maximum Gasteiger partial charge on any atom is 0.233 e. The van der Waals surface area contributed by atoms with Crippen molar-refractivity contribution >= 4 is 34.9 Å². The van der Waals surface area contributed by atoms with Crippen molar-refractivity contribution in [2.75, 3.05) is 6.54 Å². The van der Waals surface area contributed by atoms with Crippen LogP contribution in [0.4, 0.5) is 0 Å². The molecule has 1 N–H and O–H groups in total. The summed E-state index contributed by atoms with van der Waals surface area (Å²) in [4.78, 5) is 33.4. The lowest BCUT2D eigenvalue weighted by atomic mass is 9.94. The van der Waals surface area contributed by atoms with Crippen LogP contribution in [0.15, 0.2) is 41.8 Å². The van der Waals surface area contributed by atoms with Crippen LogP contribution >= 0.6 is 22.7 Å². The molecule has 30 heavy (non-hydrogen) atoms. The SMILES string of the molecule is Cc1sc(CN(CCCc2cccs2)C(=O)C2(c3ccc(O)cc3)CC2)nc1C=O. The number of aryl methyl sites for hydroxylation is 2. The van der Waals surface area contributed by atoms with Crippen molar-refractivity contribution < 1.29 is 14.7 Å². The van der Waals surface area contributed by atoms with Crippen molar-refractivity contribution in [3.05, 3.63) is 67.8 Å². The third-order valence-electron chi connectivity index (χ3n) is 5.61. The standard InChI is InChI=1S/C23H24N2O3S2/c1-16-20(15-26)24-21(30-16)14-25(12-2-4-19-5-3-13-29-19)22(28)23(10-11-23)17-6-8-18(27)9-7-17/h3,5-9,13,15,27H,2,4,10-12,14H2,1H3. The number of thiazole rings is 1. The monoisotopic (exact) mass is 440 g/mol. The first kappa shape index (κ1) is 20.8. The van der Waals surface area contributed by atoms with Crippen LogP contribution < -0.4 is 0 Å². The minimum absolute atomic E-state index is 0.111.